The molecule has 0 spiro atoms. The van der Waals surface area contributed by atoms with Crippen molar-refractivity contribution in [1.82, 2.24) is 0 Å². The fourth-order valence-corrected chi connectivity index (χ4v) is 2.43. The number of carbonyl (C=O) groups excluding carboxylic acids is 1. The van der Waals surface area contributed by atoms with Crippen LogP contribution in [0.2, 0.25) is 0 Å². The molecule has 1 aliphatic heterocycles. The average Bonchev–Trinajstić information content (AvgIpc) is 2.72. The van der Waals surface area contributed by atoms with Gasteiger partial charge >= 0.3 is 5.97 Å². The van der Waals surface area contributed by atoms with Crippen LogP contribution in [-0.2, 0) is 19.0 Å². The predicted octanol–water partition coefficient (Wildman–Crippen LogP) is 3.17. The molecule has 0 radical (unpaired) electrons. The van der Waals surface area contributed by atoms with E-state index in [0.717, 1.165) is 5.56 Å². The zero-order valence-electron chi connectivity index (χ0n) is 12.9. The number of hydrogen-bond acceptors (Lipinski definition) is 4. The quantitative estimate of drug-likeness (QED) is 0.799. The third-order valence-corrected chi connectivity index (χ3v) is 3.26. The van der Waals surface area contributed by atoms with Crippen LogP contribution in [0.3, 0.4) is 0 Å². The van der Waals surface area contributed by atoms with E-state index >= 15 is 0 Å². The highest BCUT2D eigenvalue weighted by atomic mass is 16.8. The van der Waals surface area contributed by atoms with Gasteiger partial charge in [0, 0.05) is 6.92 Å². The molecule has 3 atom stereocenters. The monoisotopic (exact) mass is 290 g/mol. The second kappa shape index (κ2) is 6.41. The van der Waals surface area contributed by atoms with E-state index < -0.39 is 5.79 Å². The molecule has 0 amide bonds. The van der Waals surface area contributed by atoms with Gasteiger partial charge in [-0.25, -0.2) is 0 Å². The zero-order valence-corrected chi connectivity index (χ0v) is 12.9. The Bertz CT molecular complexity index is 507. The van der Waals surface area contributed by atoms with Crippen LogP contribution >= 0.6 is 0 Å². The Hall–Kier alpha value is -1.65. The van der Waals surface area contributed by atoms with Crippen LogP contribution in [0.4, 0.5) is 0 Å². The minimum atomic E-state index is -0.690. The standard InChI is InChI=1S/C17H22O4/c1-12(19-13(2)18)16-15(20-17(3,4)21-16)11-10-14-8-6-5-7-9-14/h5-12,15-16H,1-4H3/b11-10+/t12-,15+,16-/m1/s1. The van der Waals surface area contributed by atoms with Gasteiger partial charge < -0.3 is 14.2 Å². The molecule has 0 aromatic heterocycles. The molecule has 1 aliphatic rings. The lowest BCUT2D eigenvalue weighted by Gasteiger charge is -2.21. The summed E-state index contributed by atoms with van der Waals surface area (Å²) < 4.78 is 17.0. The van der Waals surface area contributed by atoms with Crippen LogP contribution in [0.15, 0.2) is 36.4 Å². The van der Waals surface area contributed by atoms with Crippen molar-refractivity contribution in [3.05, 3.63) is 42.0 Å². The number of hydrogen-bond donors (Lipinski definition) is 0. The molecule has 21 heavy (non-hydrogen) atoms. The summed E-state index contributed by atoms with van der Waals surface area (Å²) in [6.07, 6.45) is 3.01. The molecular formula is C17H22O4. The molecule has 1 aromatic rings. The molecule has 0 N–H and O–H groups in total. The average molecular weight is 290 g/mol. The first-order valence-corrected chi connectivity index (χ1v) is 7.13. The highest BCUT2D eigenvalue weighted by Gasteiger charge is 2.43. The van der Waals surface area contributed by atoms with Crippen LogP contribution in [0.1, 0.15) is 33.3 Å². The van der Waals surface area contributed by atoms with Gasteiger partial charge in [0.25, 0.3) is 0 Å². The molecule has 0 aliphatic carbocycles. The minimum absolute atomic E-state index is 0.255. The summed E-state index contributed by atoms with van der Waals surface area (Å²) in [5.74, 6) is -1.01. The molecule has 4 nitrogen and oxygen atoms in total. The maximum absolute atomic E-state index is 11.1. The van der Waals surface area contributed by atoms with Crippen LogP contribution in [0.25, 0.3) is 6.08 Å². The Balaban J connectivity index is 2.11. The van der Waals surface area contributed by atoms with Gasteiger partial charge in [-0.15, -0.1) is 0 Å². The largest absolute Gasteiger partial charge is 0.460 e. The maximum atomic E-state index is 11.1. The van der Waals surface area contributed by atoms with Crippen molar-refractivity contribution in [2.45, 2.75) is 51.8 Å². The van der Waals surface area contributed by atoms with Crippen LogP contribution in [0.5, 0.6) is 0 Å². The van der Waals surface area contributed by atoms with E-state index in [-0.39, 0.29) is 24.3 Å². The van der Waals surface area contributed by atoms with Gasteiger partial charge in [-0.3, -0.25) is 4.79 Å². The van der Waals surface area contributed by atoms with E-state index in [0.29, 0.717) is 0 Å². The molecule has 1 heterocycles. The van der Waals surface area contributed by atoms with E-state index in [1.54, 1.807) is 0 Å². The smallest absolute Gasteiger partial charge is 0.302 e. The van der Waals surface area contributed by atoms with E-state index in [1.165, 1.54) is 6.92 Å². The fraction of sp³-hybridized carbons (Fsp3) is 0.471. The van der Waals surface area contributed by atoms with E-state index in [2.05, 4.69) is 0 Å². The summed E-state index contributed by atoms with van der Waals surface area (Å²) in [5.41, 5.74) is 1.09. The minimum Gasteiger partial charge on any atom is -0.460 e. The topological polar surface area (TPSA) is 44.8 Å². The third-order valence-electron chi connectivity index (χ3n) is 3.26. The summed E-state index contributed by atoms with van der Waals surface area (Å²) in [5, 5.41) is 0. The Kier molecular flexibility index (Phi) is 4.80. The number of benzene rings is 1. The highest BCUT2D eigenvalue weighted by Crippen LogP contribution is 2.32. The lowest BCUT2D eigenvalue weighted by atomic mass is 10.1. The Morgan fingerprint density at radius 3 is 2.57 bits per heavy atom. The normalized spacial score (nSPS) is 25.9. The summed E-state index contributed by atoms with van der Waals surface area (Å²) in [6, 6.07) is 9.97. The second-order valence-electron chi connectivity index (χ2n) is 5.65. The van der Waals surface area contributed by atoms with Crippen molar-refractivity contribution in [2.24, 2.45) is 0 Å². The molecule has 0 bridgehead atoms. The van der Waals surface area contributed by atoms with Gasteiger partial charge in [0.2, 0.25) is 0 Å². The first-order chi connectivity index (χ1) is 9.87. The predicted molar refractivity (Wildman–Crippen MR) is 80.5 cm³/mol. The van der Waals surface area contributed by atoms with Gasteiger partial charge in [-0.2, -0.15) is 0 Å². The highest BCUT2D eigenvalue weighted by molar-refractivity contribution is 5.66. The molecule has 114 valence electrons. The van der Waals surface area contributed by atoms with Crippen molar-refractivity contribution in [3.63, 3.8) is 0 Å². The third kappa shape index (κ3) is 4.41. The molecule has 0 saturated carbocycles. The Labute approximate surface area is 125 Å². The molecule has 1 fully saturated rings. The van der Waals surface area contributed by atoms with Crippen LogP contribution in [-0.4, -0.2) is 30.1 Å². The first kappa shape index (κ1) is 15.7. The number of ether oxygens (including phenoxy) is 3. The summed E-state index contributed by atoms with van der Waals surface area (Å²) >= 11 is 0. The second-order valence-corrected chi connectivity index (χ2v) is 5.65. The van der Waals surface area contributed by atoms with Gasteiger partial charge in [0.05, 0.1) is 0 Å². The summed E-state index contributed by atoms with van der Waals surface area (Å²) in [7, 11) is 0. The first-order valence-electron chi connectivity index (χ1n) is 7.13. The zero-order chi connectivity index (χ0) is 15.5. The van der Waals surface area contributed by atoms with Crippen molar-refractivity contribution in [2.75, 3.05) is 0 Å². The number of esters is 1. The SMILES string of the molecule is CC(=O)O[C@H](C)[C@H]1OC(C)(C)O[C@H]1/C=C/c1ccccc1. The van der Waals surface area contributed by atoms with Crippen molar-refractivity contribution < 1.29 is 19.0 Å². The van der Waals surface area contributed by atoms with Crippen molar-refractivity contribution >= 4 is 12.0 Å². The molecular weight excluding hydrogens is 268 g/mol. The van der Waals surface area contributed by atoms with Gasteiger partial charge in [-0.1, -0.05) is 42.5 Å². The summed E-state index contributed by atoms with van der Waals surface area (Å²) in [6.45, 7) is 6.93. The van der Waals surface area contributed by atoms with E-state index in [4.69, 9.17) is 14.2 Å². The molecule has 2 rings (SSSR count). The van der Waals surface area contributed by atoms with Gasteiger partial charge in [-0.05, 0) is 26.3 Å². The molecule has 1 saturated heterocycles. The molecule has 1 aromatic carbocycles. The number of rotatable bonds is 4. The van der Waals surface area contributed by atoms with Crippen molar-refractivity contribution in [3.8, 4) is 0 Å². The summed E-state index contributed by atoms with van der Waals surface area (Å²) in [4.78, 5) is 11.1. The van der Waals surface area contributed by atoms with Gasteiger partial charge in [0.15, 0.2) is 5.79 Å². The van der Waals surface area contributed by atoms with E-state index in [9.17, 15) is 4.79 Å². The molecule has 0 unspecified atom stereocenters. The Morgan fingerprint density at radius 2 is 1.95 bits per heavy atom. The fourth-order valence-electron chi connectivity index (χ4n) is 2.43. The van der Waals surface area contributed by atoms with Crippen LogP contribution < -0.4 is 0 Å². The lowest BCUT2D eigenvalue weighted by molar-refractivity contribution is -0.167. The number of carbonyl (C=O) groups is 1. The van der Waals surface area contributed by atoms with Crippen LogP contribution in [0, 0.1) is 0 Å². The van der Waals surface area contributed by atoms with Gasteiger partial charge in [0.1, 0.15) is 18.3 Å². The maximum Gasteiger partial charge on any atom is 0.302 e. The van der Waals surface area contributed by atoms with Crippen molar-refractivity contribution in [1.29, 1.82) is 0 Å². The Morgan fingerprint density at radius 1 is 1.29 bits per heavy atom. The van der Waals surface area contributed by atoms with E-state index in [1.807, 2.05) is 63.3 Å². The lowest BCUT2D eigenvalue weighted by Crippen LogP contribution is -2.35. The molecule has 4 heteroatoms.